The Balaban J connectivity index is 2.25. The van der Waals surface area contributed by atoms with Crippen LogP contribution in [0.4, 0.5) is 0 Å². The highest BCUT2D eigenvalue weighted by Crippen LogP contribution is 2.07. The average Bonchev–Trinajstić information content (AvgIpc) is 2.60. The molecule has 1 heterocycles. The van der Waals surface area contributed by atoms with Gasteiger partial charge in [0.1, 0.15) is 0 Å². The first kappa shape index (κ1) is 12.5. The molecule has 16 heavy (non-hydrogen) atoms. The second-order valence-corrected chi connectivity index (χ2v) is 4.15. The van der Waals surface area contributed by atoms with E-state index in [0.717, 1.165) is 0 Å². The van der Waals surface area contributed by atoms with Gasteiger partial charge in [-0.1, -0.05) is 0 Å². The standard InChI is InChI=1S/C10H17N3O3/c1-6(2)13-9(15)5-12-10(16)7-3-8(14)11-4-7/h6-7H,3-5H2,1-2H3,(H,11,14)(H,12,16)(H,13,15). The maximum absolute atomic E-state index is 11.5. The summed E-state index contributed by atoms with van der Waals surface area (Å²) in [7, 11) is 0. The summed E-state index contributed by atoms with van der Waals surface area (Å²) in [6.45, 7) is 4.01. The normalized spacial score (nSPS) is 19.4. The third-order valence-corrected chi connectivity index (χ3v) is 2.22. The third-order valence-electron chi connectivity index (χ3n) is 2.22. The maximum atomic E-state index is 11.5. The fraction of sp³-hybridized carbons (Fsp3) is 0.700. The molecule has 1 aliphatic heterocycles. The van der Waals surface area contributed by atoms with E-state index >= 15 is 0 Å². The predicted molar refractivity (Wildman–Crippen MR) is 57.4 cm³/mol. The van der Waals surface area contributed by atoms with Crippen molar-refractivity contribution in [3.05, 3.63) is 0 Å². The molecule has 1 rings (SSSR count). The van der Waals surface area contributed by atoms with Crippen LogP contribution >= 0.6 is 0 Å². The monoisotopic (exact) mass is 227 g/mol. The van der Waals surface area contributed by atoms with Crippen LogP contribution in [0, 0.1) is 5.92 Å². The first-order valence-corrected chi connectivity index (χ1v) is 5.33. The van der Waals surface area contributed by atoms with Gasteiger partial charge in [-0.2, -0.15) is 0 Å². The van der Waals surface area contributed by atoms with Gasteiger partial charge in [-0.25, -0.2) is 0 Å². The number of carbonyl (C=O) groups is 3. The fourth-order valence-corrected chi connectivity index (χ4v) is 1.48. The van der Waals surface area contributed by atoms with Gasteiger partial charge in [0, 0.05) is 19.0 Å². The molecule has 1 aliphatic rings. The summed E-state index contributed by atoms with van der Waals surface area (Å²) in [5, 5.41) is 7.74. The van der Waals surface area contributed by atoms with Crippen LogP contribution in [0.25, 0.3) is 0 Å². The Kier molecular flexibility index (Phi) is 4.28. The zero-order valence-corrected chi connectivity index (χ0v) is 9.50. The molecule has 0 spiro atoms. The topological polar surface area (TPSA) is 87.3 Å². The molecule has 0 bridgehead atoms. The average molecular weight is 227 g/mol. The lowest BCUT2D eigenvalue weighted by Crippen LogP contribution is -2.42. The van der Waals surface area contributed by atoms with Gasteiger partial charge in [-0.05, 0) is 13.8 Å². The van der Waals surface area contributed by atoms with E-state index < -0.39 is 0 Å². The predicted octanol–water partition coefficient (Wildman–Crippen LogP) is -1.24. The van der Waals surface area contributed by atoms with Crippen molar-refractivity contribution in [1.29, 1.82) is 0 Å². The lowest BCUT2D eigenvalue weighted by molar-refractivity contribution is -0.129. The summed E-state index contributed by atoms with van der Waals surface area (Å²) in [5.41, 5.74) is 0. The van der Waals surface area contributed by atoms with E-state index in [0.29, 0.717) is 6.54 Å². The second-order valence-electron chi connectivity index (χ2n) is 4.15. The molecular weight excluding hydrogens is 210 g/mol. The Bertz CT molecular complexity index is 302. The van der Waals surface area contributed by atoms with Gasteiger partial charge in [-0.3, -0.25) is 14.4 Å². The van der Waals surface area contributed by atoms with Crippen molar-refractivity contribution in [2.75, 3.05) is 13.1 Å². The summed E-state index contributed by atoms with van der Waals surface area (Å²) in [6, 6.07) is 0.0547. The van der Waals surface area contributed by atoms with E-state index in [2.05, 4.69) is 16.0 Å². The van der Waals surface area contributed by atoms with Crippen molar-refractivity contribution in [3.8, 4) is 0 Å². The third kappa shape index (κ3) is 3.88. The summed E-state index contributed by atoms with van der Waals surface area (Å²) in [5.74, 6) is -0.941. The van der Waals surface area contributed by atoms with Crippen LogP contribution in [0.1, 0.15) is 20.3 Å². The van der Waals surface area contributed by atoms with Crippen molar-refractivity contribution in [2.24, 2.45) is 5.92 Å². The molecule has 6 heteroatoms. The van der Waals surface area contributed by atoms with Gasteiger partial charge >= 0.3 is 0 Å². The molecule has 3 N–H and O–H groups in total. The van der Waals surface area contributed by atoms with Crippen molar-refractivity contribution >= 4 is 17.7 Å². The molecule has 0 radical (unpaired) electrons. The van der Waals surface area contributed by atoms with Gasteiger partial charge in [0.15, 0.2) is 0 Å². The Morgan fingerprint density at radius 3 is 2.69 bits per heavy atom. The number of rotatable bonds is 4. The van der Waals surface area contributed by atoms with Gasteiger partial charge in [0.2, 0.25) is 17.7 Å². The van der Waals surface area contributed by atoms with Gasteiger partial charge in [-0.15, -0.1) is 0 Å². The quantitative estimate of drug-likeness (QED) is 0.561. The minimum atomic E-state index is -0.348. The largest absolute Gasteiger partial charge is 0.355 e. The molecule has 0 aliphatic carbocycles. The van der Waals surface area contributed by atoms with Crippen LogP contribution in [0.2, 0.25) is 0 Å². The molecule has 0 aromatic carbocycles. The number of carbonyl (C=O) groups excluding carboxylic acids is 3. The van der Waals surface area contributed by atoms with Crippen molar-refractivity contribution in [1.82, 2.24) is 16.0 Å². The number of nitrogens with one attached hydrogen (secondary N) is 3. The van der Waals surface area contributed by atoms with Crippen molar-refractivity contribution in [3.63, 3.8) is 0 Å². The summed E-state index contributed by atoms with van der Waals surface area (Å²) >= 11 is 0. The SMILES string of the molecule is CC(C)NC(=O)CNC(=O)C1CNC(=O)C1. The highest BCUT2D eigenvalue weighted by Gasteiger charge is 2.27. The van der Waals surface area contributed by atoms with E-state index in [-0.39, 0.29) is 42.6 Å². The highest BCUT2D eigenvalue weighted by atomic mass is 16.2. The van der Waals surface area contributed by atoms with Crippen LogP contribution in [0.15, 0.2) is 0 Å². The fourth-order valence-electron chi connectivity index (χ4n) is 1.48. The smallest absolute Gasteiger partial charge is 0.239 e. The van der Waals surface area contributed by atoms with E-state index in [9.17, 15) is 14.4 Å². The molecular formula is C10H17N3O3. The Morgan fingerprint density at radius 1 is 1.50 bits per heavy atom. The molecule has 1 fully saturated rings. The van der Waals surface area contributed by atoms with Crippen LogP contribution in [-0.4, -0.2) is 36.9 Å². The van der Waals surface area contributed by atoms with E-state index in [1.165, 1.54) is 0 Å². The molecule has 0 aromatic heterocycles. The number of amides is 3. The Morgan fingerprint density at radius 2 is 2.19 bits per heavy atom. The Labute approximate surface area is 94.2 Å². The molecule has 6 nitrogen and oxygen atoms in total. The number of hydrogen-bond acceptors (Lipinski definition) is 3. The zero-order chi connectivity index (χ0) is 12.1. The van der Waals surface area contributed by atoms with E-state index in [1.807, 2.05) is 13.8 Å². The molecule has 0 aromatic rings. The Hall–Kier alpha value is -1.59. The van der Waals surface area contributed by atoms with Crippen molar-refractivity contribution in [2.45, 2.75) is 26.3 Å². The molecule has 3 amide bonds. The molecule has 0 saturated carbocycles. The zero-order valence-electron chi connectivity index (χ0n) is 9.50. The summed E-state index contributed by atoms with van der Waals surface area (Å²) in [6.07, 6.45) is 0.206. The van der Waals surface area contributed by atoms with Gasteiger partial charge in [0.25, 0.3) is 0 Å². The first-order chi connectivity index (χ1) is 7.49. The van der Waals surface area contributed by atoms with Gasteiger partial charge < -0.3 is 16.0 Å². The van der Waals surface area contributed by atoms with Crippen LogP contribution in [0.5, 0.6) is 0 Å². The lowest BCUT2D eigenvalue weighted by Gasteiger charge is -2.11. The molecule has 1 atom stereocenters. The van der Waals surface area contributed by atoms with Crippen LogP contribution in [-0.2, 0) is 14.4 Å². The highest BCUT2D eigenvalue weighted by molar-refractivity contribution is 5.91. The molecule has 90 valence electrons. The summed E-state index contributed by atoms with van der Waals surface area (Å²) in [4.78, 5) is 33.6. The van der Waals surface area contributed by atoms with Crippen molar-refractivity contribution < 1.29 is 14.4 Å². The van der Waals surface area contributed by atoms with E-state index in [1.54, 1.807) is 0 Å². The maximum Gasteiger partial charge on any atom is 0.239 e. The summed E-state index contributed by atoms with van der Waals surface area (Å²) < 4.78 is 0. The molecule has 1 unspecified atom stereocenters. The van der Waals surface area contributed by atoms with Crippen LogP contribution in [0.3, 0.4) is 0 Å². The second kappa shape index (κ2) is 5.48. The van der Waals surface area contributed by atoms with E-state index in [4.69, 9.17) is 0 Å². The van der Waals surface area contributed by atoms with Gasteiger partial charge in [0.05, 0.1) is 12.5 Å². The molecule has 1 saturated heterocycles. The number of hydrogen-bond donors (Lipinski definition) is 3. The minimum Gasteiger partial charge on any atom is -0.355 e. The first-order valence-electron chi connectivity index (χ1n) is 5.33. The minimum absolute atomic E-state index is 0.0400. The van der Waals surface area contributed by atoms with Crippen LogP contribution < -0.4 is 16.0 Å². The lowest BCUT2D eigenvalue weighted by atomic mass is 10.1.